The third-order valence-electron chi connectivity index (χ3n) is 2.84. The smallest absolute Gasteiger partial charge is 0.317 e. The number of ether oxygens (including phenoxy) is 1. The van der Waals surface area contributed by atoms with E-state index in [-0.39, 0.29) is 31.1 Å². The molecule has 1 aliphatic rings. The largest absolute Gasteiger partial charge is 0.464 e. The molecule has 0 radical (unpaired) electrons. The van der Waals surface area contributed by atoms with Gasteiger partial charge in [0.05, 0.1) is 25.2 Å². The predicted octanol–water partition coefficient (Wildman–Crippen LogP) is -0.723. The van der Waals surface area contributed by atoms with Crippen LogP contribution in [0.15, 0.2) is 0 Å². The van der Waals surface area contributed by atoms with Gasteiger partial charge in [-0.2, -0.15) is 11.8 Å². The number of thioether (sulfide) groups is 1. The molecule has 8 heteroatoms. The van der Waals surface area contributed by atoms with Crippen molar-refractivity contribution in [2.24, 2.45) is 5.92 Å². The highest BCUT2D eigenvalue weighted by Crippen LogP contribution is 2.11. The molecule has 116 valence electrons. The van der Waals surface area contributed by atoms with Crippen molar-refractivity contribution < 1.29 is 24.5 Å². The van der Waals surface area contributed by atoms with E-state index in [1.54, 1.807) is 11.8 Å². The van der Waals surface area contributed by atoms with E-state index in [9.17, 15) is 9.59 Å². The fourth-order valence-corrected chi connectivity index (χ4v) is 2.63. The third kappa shape index (κ3) is 5.98. The molecule has 20 heavy (non-hydrogen) atoms. The zero-order valence-electron chi connectivity index (χ0n) is 11.6. The molecule has 1 fully saturated rings. The van der Waals surface area contributed by atoms with Crippen LogP contribution in [-0.4, -0.2) is 77.6 Å². The molecule has 0 aliphatic carbocycles. The zero-order valence-corrected chi connectivity index (χ0v) is 12.4. The minimum atomic E-state index is -0.753. The number of aliphatic hydroxyl groups is 2. The van der Waals surface area contributed by atoms with Gasteiger partial charge in [0.1, 0.15) is 6.61 Å². The second kappa shape index (κ2) is 9.04. The maximum atomic E-state index is 11.7. The van der Waals surface area contributed by atoms with Crippen molar-refractivity contribution >= 4 is 23.8 Å². The van der Waals surface area contributed by atoms with Crippen molar-refractivity contribution in [1.29, 1.82) is 0 Å². The summed E-state index contributed by atoms with van der Waals surface area (Å²) in [6, 6.07) is -0.123. The number of rotatable bonds is 9. The topological polar surface area (TPSA) is 99.1 Å². The van der Waals surface area contributed by atoms with E-state index in [0.29, 0.717) is 31.1 Å². The van der Waals surface area contributed by atoms with Gasteiger partial charge in [-0.3, -0.25) is 4.79 Å². The summed E-state index contributed by atoms with van der Waals surface area (Å²) in [6.07, 6.45) is -0.753. The van der Waals surface area contributed by atoms with E-state index in [1.807, 2.05) is 0 Å². The first kappa shape index (κ1) is 17.1. The van der Waals surface area contributed by atoms with Gasteiger partial charge in [0.15, 0.2) is 0 Å². The molecule has 2 atom stereocenters. The molecule has 7 nitrogen and oxygen atoms in total. The lowest BCUT2D eigenvalue weighted by molar-refractivity contribution is -0.147. The van der Waals surface area contributed by atoms with Gasteiger partial charge in [-0.1, -0.05) is 6.92 Å². The van der Waals surface area contributed by atoms with Crippen LogP contribution in [0.2, 0.25) is 0 Å². The van der Waals surface area contributed by atoms with Gasteiger partial charge < -0.3 is 25.2 Å². The summed E-state index contributed by atoms with van der Waals surface area (Å²) in [5, 5.41) is 20.5. The summed E-state index contributed by atoms with van der Waals surface area (Å²) in [4.78, 5) is 24.5. The first-order chi connectivity index (χ1) is 9.54. The van der Waals surface area contributed by atoms with Crippen LogP contribution in [-0.2, 0) is 9.53 Å². The monoisotopic (exact) mass is 306 g/mol. The molecule has 0 saturated carbocycles. The molecule has 0 aromatic carbocycles. The Kier molecular flexibility index (Phi) is 7.71. The van der Waals surface area contributed by atoms with Gasteiger partial charge in [-0.15, -0.1) is 0 Å². The molecule has 2 unspecified atom stereocenters. The third-order valence-corrected chi connectivity index (χ3v) is 4.20. The number of nitrogens with zero attached hydrogens (tertiary/aromatic N) is 1. The number of aliphatic hydroxyl groups excluding tert-OH is 2. The van der Waals surface area contributed by atoms with E-state index >= 15 is 0 Å². The highest BCUT2D eigenvalue weighted by atomic mass is 32.2. The number of carbonyl (C=O) groups excluding carboxylic acids is 2. The lowest BCUT2D eigenvalue weighted by Gasteiger charge is -2.16. The van der Waals surface area contributed by atoms with Gasteiger partial charge in [0, 0.05) is 24.6 Å². The highest BCUT2D eigenvalue weighted by Gasteiger charge is 2.20. The molecule has 0 bridgehead atoms. The van der Waals surface area contributed by atoms with E-state index in [0.717, 1.165) is 0 Å². The summed E-state index contributed by atoms with van der Waals surface area (Å²) in [7, 11) is 0. The van der Waals surface area contributed by atoms with Crippen LogP contribution in [0.25, 0.3) is 0 Å². The fraction of sp³-hybridized carbons (Fsp3) is 0.833. The average molecular weight is 306 g/mol. The average Bonchev–Trinajstić information content (AvgIpc) is 2.83. The number of carbonyl (C=O) groups is 2. The van der Waals surface area contributed by atoms with Crippen LogP contribution in [0, 0.1) is 5.92 Å². The van der Waals surface area contributed by atoms with Gasteiger partial charge >= 0.3 is 12.0 Å². The van der Waals surface area contributed by atoms with E-state index in [4.69, 9.17) is 14.9 Å². The Morgan fingerprint density at radius 1 is 1.55 bits per heavy atom. The van der Waals surface area contributed by atoms with E-state index in [2.05, 4.69) is 5.32 Å². The molecule has 0 spiro atoms. The standard InChI is InChI=1S/C12H22N2O5S/c1-9(7-20-8-10(16)6-15)11(17)19-5-4-14-3-2-13-12(14)18/h9-10,15-16H,2-8H2,1H3,(H,13,18). The number of hydrogen-bond acceptors (Lipinski definition) is 6. The summed E-state index contributed by atoms with van der Waals surface area (Å²) in [5.41, 5.74) is 0. The van der Waals surface area contributed by atoms with Gasteiger partial charge in [-0.25, -0.2) is 4.79 Å². The molecular formula is C12H22N2O5S. The summed E-state index contributed by atoms with van der Waals surface area (Å²) in [6.45, 7) is 3.35. The highest BCUT2D eigenvalue weighted by molar-refractivity contribution is 7.99. The minimum absolute atomic E-state index is 0.123. The first-order valence-electron chi connectivity index (χ1n) is 6.60. The van der Waals surface area contributed by atoms with Crippen molar-refractivity contribution in [2.75, 3.05) is 44.4 Å². The number of amides is 2. The van der Waals surface area contributed by atoms with Crippen LogP contribution in [0.3, 0.4) is 0 Å². The number of nitrogens with one attached hydrogen (secondary N) is 1. The second-order valence-corrected chi connectivity index (χ2v) is 5.74. The molecule has 1 aliphatic heterocycles. The molecule has 1 heterocycles. The molecule has 1 rings (SSSR count). The maximum Gasteiger partial charge on any atom is 0.317 e. The molecule has 3 N–H and O–H groups in total. The maximum absolute atomic E-state index is 11.7. The van der Waals surface area contributed by atoms with E-state index < -0.39 is 6.10 Å². The van der Waals surface area contributed by atoms with Crippen LogP contribution < -0.4 is 5.32 Å². The summed E-state index contributed by atoms with van der Waals surface area (Å²) < 4.78 is 5.11. The van der Waals surface area contributed by atoms with Crippen LogP contribution in [0.4, 0.5) is 4.79 Å². The van der Waals surface area contributed by atoms with Crippen LogP contribution in [0.5, 0.6) is 0 Å². The Balaban J connectivity index is 2.10. The van der Waals surface area contributed by atoms with Gasteiger partial charge in [0.25, 0.3) is 0 Å². The minimum Gasteiger partial charge on any atom is -0.464 e. The number of hydrogen-bond donors (Lipinski definition) is 3. The quantitative estimate of drug-likeness (QED) is 0.486. The molecule has 0 aromatic rings. The number of urea groups is 1. The lowest BCUT2D eigenvalue weighted by Crippen LogP contribution is -2.32. The Morgan fingerprint density at radius 2 is 2.30 bits per heavy atom. The Bertz CT molecular complexity index is 329. The fourth-order valence-electron chi connectivity index (χ4n) is 1.62. The van der Waals surface area contributed by atoms with Crippen molar-refractivity contribution in [3.8, 4) is 0 Å². The van der Waals surface area contributed by atoms with Crippen molar-refractivity contribution in [3.63, 3.8) is 0 Å². The SMILES string of the molecule is CC(CSCC(O)CO)C(=O)OCCN1CCNC1=O. The molecule has 0 aromatic heterocycles. The zero-order chi connectivity index (χ0) is 15.0. The Hall–Kier alpha value is -0.990. The van der Waals surface area contributed by atoms with Crippen LogP contribution >= 0.6 is 11.8 Å². The normalized spacial score (nSPS) is 17.8. The van der Waals surface area contributed by atoms with Crippen LogP contribution in [0.1, 0.15) is 6.92 Å². The Labute approximate surface area is 122 Å². The number of esters is 1. The van der Waals surface area contributed by atoms with Crippen molar-refractivity contribution in [2.45, 2.75) is 13.0 Å². The van der Waals surface area contributed by atoms with Gasteiger partial charge in [-0.05, 0) is 0 Å². The molecule has 1 saturated heterocycles. The Morgan fingerprint density at radius 3 is 2.90 bits per heavy atom. The molecular weight excluding hydrogens is 284 g/mol. The van der Waals surface area contributed by atoms with Crippen molar-refractivity contribution in [1.82, 2.24) is 10.2 Å². The molecule has 2 amide bonds. The predicted molar refractivity (Wildman–Crippen MR) is 75.5 cm³/mol. The first-order valence-corrected chi connectivity index (χ1v) is 7.76. The van der Waals surface area contributed by atoms with Gasteiger partial charge in [0.2, 0.25) is 0 Å². The lowest BCUT2D eigenvalue weighted by atomic mass is 10.2. The van der Waals surface area contributed by atoms with Crippen molar-refractivity contribution in [3.05, 3.63) is 0 Å². The van der Waals surface area contributed by atoms with E-state index in [1.165, 1.54) is 11.8 Å². The summed E-state index contributed by atoms with van der Waals surface area (Å²) in [5.74, 6) is 0.330. The summed E-state index contributed by atoms with van der Waals surface area (Å²) >= 11 is 1.40. The second-order valence-electron chi connectivity index (χ2n) is 4.66.